The maximum atomic E-state index is 12.1. The van der Waals surface area contributed by atoms with Crippen LogP contribution < -0.4 is 10.2 Å². The van der Waals surface area contributed by atoms with E-state index in [1.807, 2.05) is 0 Å². The van der Waals surface area contributed by atoms with Gasteiger partial charge in [-0.1, -0.05) is 22.8 Å². The van der Waals surface area contributed by atoms with Crippen molar-refractivity contribution >= 4 is 29.3 Å². The molecule has 0 bridgehead atoms. The number of rotatable bonds is 5. The van der Waals surface area contributed by atoms with Crippen LogP contribution in [0.2, 0.25) is 5.02 Å². The standard InChI is InChI=1S/C12H11ClN4O4/c13-8-2-1-3-9(4-8)17(6-11(18)19)12(20)14-5-10-15-7-21-16-10/h1-4,7H,5-6H2,(H,14,20)(H,18,19). The number of nitrogens with one attached hydrogen (secondary N) is 1. The molecule has 1 aromatic heterocycles. The average Bonchev–Trinajstić information content (AvgIpc) is 2.95. The molecule has 21 heavy (non-hydrogen) atoms. The van der Waals surface area contributed by atoms with Crippen LogP contribution in [-0.4, -0.2) is 33.8 Å². The van der Waals surface area contributed by atoms with Gasteiger partial charge in [0.1, 0.15) is 6.54 Å². The number of aromatic nitrogens is 2. The number of aliphatic carboxylic acids is 1. The van der Waals surface area contributed by atoms with Gasteiger partial charge in [-0.15, -0.1) is 0 Å². The molecule has 0 fully saturated rings. The number of carbonyl (C=O) groups is 2. The average molecular weight is 311 g/mol. The van der Waals surface area contributed by atoms with Gasteiger partial charge in [0.25, 0.3) is 0 Å². The van der Waals surface area contributed by atoms with E-state index >= 15 is 0 Å². The largest absolute Gasteiger partial charge is 0.480 e. The lowest BCUT2D eigenvalue weighted by Crippen LogP contribution is -2.42. The van der Waals surface area contributed by atoms with Crippen molar-refractivity contribution in [1.29, 1.82) is 0 Å². The zero-order valence-electron chi connectivity index (χ0n) is 10.7. The molecule has 1 heterocycles. The highest BCUT2D eigenvalue weighted by Gasteiger charge is 2.19. The quantitative estimate of drug-likeness (QED) is 0.866. The third-order valence-electron chi connectivity index (χ3n) is 2.46. The summed E-state index contributed by atoms with van der Waals surface area (Å²) >= 11 is 5.85. The maximum Gasteiger partial charge on any atom is 0.323 e. The second-order valence-electron chi connectivity index (χ2n) is 3.97. The molecular weight excluding hydrogens is 300 g/mol. The van der Waals surface area contributed by atoms with E-state index in [0.717, 1.165) is 11.3 Å². The molecule has 0 spiro atoms. The number of carboxylic acids is 1. The Morgan fingerprint density at radius 3 is 2.86 bits per heavy atom. The monoisotopic (exact) mass is 310 g/mol. The van der Waals surface area contributed by atoms with E-state index in [2.05, 4.69) is 20.0 Å². The number of benzene rings is 1. The summed E-state index contributed by atoms with van der Waals surface area (Å²) in [5.74, 6) is -0.866. The number of halogens is 1. The summed E-state index contributed by atoms with van der Waals surface area (Å²) in [5.41, 5.74) is 0.371. The highest BCUT2D eigenvalue weighted by atomic mass is 35.5. The first kappa shape index (κ1) is 14.8. The summed E-state index contributed by atoms with van der Waals surface area (Å²) in [6, 6.07) is 5.73. The summed E-state index contributed by atoms with van der Waals surface area (Å²) in [7, 11) is 0. The van der Waals surface area contributed by atoms with E-state index in [-0.39, 0.29) is 12.4 Å². The first-order valence-electron chi connectivity index (χ1n) is 5.84. The molecule has 1 aromatic carbocycles. The van der Waals surface area contributed by atoms with Crippen molar-refractivity contribution in [3.8, 4) is 0 Å². The van der Waals surface area contributed by atoms with E-state index in [1.54, 1.807) is 18.2 Å². The minimum absolute atomic E-state index is 0.0199. The van der Waals surface area contributed by atoms with Crippen molar-refractivity contribution in [3.63, 3.8) is 0 Å². The molecule has 0 aliphatic heterocycles. The molecule has 9 heteroatoms. The van der Waals surface area contributed by atoms with E-state index in [4.69, 9.17) is 16.7 Å². The van der Waals surface area contributed by atoms with Crippen molar-refractivity contribution in [2.24, 2.45) is 0 Å². The number of carboxylic acid groups (broad SMARTS) is 1. The van der Waals surface area contributed by atoms with Crippen LogP contribution in [0.15, 0.2) is 35.2 Å². The summed E-state index contributed by atoms with van der Waals surface area (Å²) in [4.78, 5) is 27.8. The Bertz CT molecular complexity index is 632. The maximum absolute atomic E-state index is 12.1. The third-order valence-corrected chi connectivity index (χ3v) is 2.70. The van der Waals surface area contributed by atoms with Crippen LogP contribution in [0.25, 0.3) is 0 Å². The molecule has 0 saturated heterocycles. The number of nitrogens with zero attached hydrogens (tertiary/aromatic N) is 3. The molecule has 2 rings (SSSR count). The van der Waals surface area contributed by atoms with E-state index in [0.29, 0.717) is 10.7 Å². The lowest BCUT2D eigenvalue weighted by atomic mass is 10.3. The minimum atomic E-state index is -1.15. The highest BCUT2D eigenvalue weighted by Crippen LogP contribution is 2.19. The minimum Gasteiger partial charge on any atom is -0.480 e. The van der Waals surface area contributed by atoms with E-state index in [9.17, 15) is 9.59 Å². The fourth-order valence-electron chi connectivity index (χ4n) is 1.58. The fourth-order valence-corrected chi connectivity index (χ4v) is 1.76. The van der Waals surface area contributed by atoms with Crippen LogP contribution in [0.4, 0.5) is 10.5 Å². The molecule has 2 aromatic rings. The predicted octanol–water partition coefficient (Wildman–Crippen LogP) is 1.52. The number of carbonyl (C=O) groups excluding carboxylic acids is 1. The van der Waals surface area contributed by atoms with Crippen LogP contribution in [-0.2, 0) is 11.3 Å². The molecule has 0 aliphatic carbocycles. The Morgan fingerprint density at radius 2 is 2.24 bits per heavy atom. The molecule has 0 aliphatic rings. The van der Waals surface area contributed by atoms with Gasteiger partial charge in [-0.05, 0) is 18.2 Å². The van der Waals surface area contributed by atoms with Gasteiger partial charge in [0.2, 0.25) is 6.39 Å². The first-order valence-corrected chi connectivity index (χ1v) is 6.22. The lowest BCUT2D eigenvalue weighted by molar-refractivity contribution is -0.135. The summed E-state index contributed by atoms with van der Waals surface area (Å²) in [5, 5.41) is 15.4. The fraction of sp³-hybridized carbons (Fsp3) is 0.167. The SMILES string of the molecule is O=C(O)CN(C(=O)NCc1ncon1)c1cccc(Cl)c1. The molecule has 2 amide bonds. The van der Waals surface area contributed by atoms with Gasteiger partial charge in [0.15, 0.2) is 5.82 Å². The van der Waals surface area contributed by atoms with Crippen molar-refractivity contribution in [2.75, 3.05) is 11.4 Å². The second kappa shape index (κ2) is 6.71. The molecule has 0 saturated carbocycles. The Kier molecular flexibility index (Phi) is 4.72. The van der Waals surface area contributed by atoms with Crippen LogP contribution in [0, 0.1) is 0 Å². The van der Waals surface area contributed by atoms with Crippen molar-refractivity contribution in [3.05, 3.63) is 41.5 Å². The molecule has 0 atom stereocenters. The molecule has 8 nitrogen and oxygen atoms in total. The predicted molar refractivity (Wildman–Crippen MR) is 73.0 cm³/mol. The molecule has 2 N–H and O–H groups in total. The summed E-state index contributed by atoms with van der Waals surface area (Å²) < 4.78 is 4.53. The third kappa shape index (κ3) is 4.18. The van der Waals surface area contributed by atoms with Crippen molar-refractivity contribution < 1.29 is 19.2 Å². The zero-order valence-corrected chi connectivity index (χ0v) is 11.4. The molecule has 0 unspecified atom stereocenters. The molecular formula is C12H11ClN4O4. The Labute approximate surface area is 124 Å². The smallest absolute Gasteiger partial charge is 0.323 e. The number of hydrogen-bond acceptors (Lipinski definition) is 5. The van der Waals surface area contributed by atoms with Crippen LogP contribution in [0.3, 0.4) is 0 Å². The van der Waals surface area contributed by atoms with Gasteiger partial charge in [-0.3, -0.25) is 9.69 Å². The van der Waals surface area contributed by atoms with Crippen LogP contribution in [0.1, 0.15) is 5.82 Å². The number of urea groups is 1. The van der Waals surface area contributed by atoms with Gasteiger partial charge >= 0.3 is 12.0 Å². The van der Waals surface area contributed by atoms with Gasteiger partial charge in [-0.25, -0.2) is 4.79 Å². The summed E-state index contributed by atoms with van der Waals surface area (Å²) in [6.45, 7) is -0.482. The van der Waals surface area contributed by atoms with E-state index < -0.39 is 18.5 Å². The number of amides is 2. The number of hydrogen-bond donors (Lipinski definition) is 2. The van der Waals surface area contributed by atoms with Gasteiger partial charge < -0.3 is 14.9 Å². The lowest BCUT2D eigenvalue weighted by Gasteiger charge is -2.21. The number of anilines is 1. The van der Waals surface area contributed by atoms with E-state index in [1.165, 1.54) is 6.07 Å². The molecule has 0 radical (unpaired) electrons. The normalized spacial score (nSPS) is 10.1. The second-order valence-corrected chi connectivity index (χ2v) is 4.40. The zero-order chi connectivity index (χ0) is 15.2. The summed E-state index contributed by atoms with van der Waals surface area (Å²) in [6.07, 6.45) is 1.13. The first-order chi connectivity index (χ1) is 10.1. The Hall–Kier alpha value is -2.61. The van der Waals surface area contributed by atoms with Crippen LogP contribution in [0.5, 0.6) is 0 Å². The highest BCUT2D eigenvalue weighted by molar-refractivity contribution is 6.30. The Morgan fingerprint density at radius 1 is 1.43 bits per heavy atom. The van der Waals surface area contributed by atoms with Gasteiger partial charge in [0.05, 0.1) is 6.54 Å². The Balaban J connectivity index is 2.11. The van der Waals surface area contributed by atoms with Gasteiger partial charge in [-0.2, -0.15) is 4.98 Å². The van der Waals surface area contributed by atoms with Crippen molar-refractivity contribution in [2.45, 2.75) is 6.54 Å². The topological polar surface area (TPSA) is 109 Å². The van der Waals surface area contributed by atoms with Crippen LogP contribution >= 0.6 is 11.6 Å². The molecule has 110 valence electrons. The van der Waals surface area contributed by atoms with Crippen molar-refractivity contribution in [1.82, 2.24) is 15.5 Å². The van der Waals surface area contributed by atoms with Gasteiger partial charge in [0, 0.05) is 10.7 Å².